The molecule has 0 radical (unpaired) electrons. The molecule has 5 heteroatoms. The Balaban J connectivity index is 2.51. The lowest BCUT2D eigenvalue weighted by molar-refractivity contribution is -0.132. The number of rotatable bonds is 8. The fourth-order valence-electron chi connectivity index (χ4n) is 2.09. The second kappa shape index (κ2) is 7.94. The first kappa shape index (κ1) is 15.7. The fourth-order valence-corrected chi connectivity index (χ4v) is 2.09. The van der Waals surface area contributed by atoms with Crippen molar-refractivity contribution in [1.82, 2.24) is 19.8 Å². The SMILES string of the molecule is CCCn1cncc1CNC(C)C(=O)N(CC)CC. The maximum Gasteiger partial charge on any atom is 0.239 e. The second-order valence-electron chi connectivity index (χ2n) is 4.69. The number of amides is 1. The Kier molecular flexibility index (Phi) is 6.56. The Morgan fingerprint density at radius 1 is 1.42 bits per heavy atom. The van der Waals surface area contributed by atoms with Gasteiger partial charge in [-0.15, -0.1) is 0 Å². The van der Waals surface area contributed by atoms with E-state index in [1.807, 2.05) is 38.2 Å². The number of aryl methyl sites for hydroxylation is 1. The van der Waals surface area contributed by atoms with E-state index in [0.29, 0.717) is 6.54 Å². The third-order valence-corrected chi connectivity index (χ3v) is 3.30. The maximum absolute atomic E-state index is 12.1. The molecule has 1 aromatic rings. The molecule has 1 atom stereocenters. The van der Waals surface area contributed by atoms with Gasteiger partial charge in [-0.05, 0) is 27.2 Å². The molecule has 1 aromatic heterocycles. The van der Waals surface area contributed by atoms with Crippen LogP contribution in [0.5, 0.6) is 0 Å². The molecule has 1 amide bonds. The van der Waals surface area contributed by atoms with Gasteiger partial charge in [-0.25, -0.2) is 4.98 Å². The molecule has 1 heterocycles. The van der Waals surface area contributed by atoms with Gasteiger partial charge in [0.15, 0.2) is 0 Å². The van der Waals surface area contributed by atoms with E-state index in [0.717, 1.165) is 31.7 Å². The Morgan fingerprint density at radius 2 is 2.11 bits per heavy atom. The van der Waals surface area contributed by atoms with Crippen molar-refractivity contribution >= 4 is 5.91 Å². The molecule has 19 heavy (non-hydrogen) atoms. The van der Waals surface area contributed by atoms with Gasteiger partial charge >= 0.3 is 0 Å². The third kappa shape index (κ3) is 4.35. The minimum atomic E-state index is -0.162. The number of hydrogen-bond acceptors (Lipinski definition) is 3. The lowest BCUT2D eigenvalue weighted by Gasteiger charge is -2.23. The molecule has 0 aliphatic carbocycles. The first-order valence-corrected chi connectivity index (χ1v) is 7.15. The van der Waals surface area contributed by atoms with Crippen LogP contribution in [0.4, 0.5) is 0 Å². The van der Waals surface area contributed by atoms with Crippen LogP contribution in [0.1, 0.15) is 39.8 Å². The maximum atomic E-state index is 12.1. The number of hydrogen-bond donors (Lipinski definition) is 1. The Bertz CT molecular complexity index is 385. The summed E-state index contributed by atoms with van der Waals surface area (Å²) < 4.78 is 2.13. The Labute approximate surface area is 116 Å². The average molecular weight is 266 g/mol. The molecule has 1 rings (SSSR count). The van der Waals surface area contributed by atoms with Crippen molar-refractivity contribution < 1.29 is 4.79 Å². The summed E-state index contributed by atoms with van der Waals surface area (Å²) in [6, 6.07) is -0.162. The van der Waals surface area contributed by atoms with E-state index in [2.05, 4.69) is 21.8 Å². The van der Waals surface area contributed by atoms with Crippen molar-refractivity contribution in [3.8, 4) is 0 Å². The Morgan fingerprint density at radius 3 is 2.68 bits per heavy atom. The van der Waals surface area contributed by atoms with Crippen molar-refractivity contribution in [2.45, 2.75) is 53.2 Å². The van der Waals surface area contributed by atoms with E-state index in [1.165, 1.54) is 0 Å². The van der Waals surface area contributed by atoms with Crippen molar-refractivity contribution in [1.29, 1.82) is 0 Å². The largest absolute Gasteiger partial charge is 0.342 e. The Hall–Kier alpha value is -1.36. The summed E-state index contributed by atoms with van der Waals surface area (Å²) in [7, 11) is 0. The molecule has 0 spiro atoms. The second-order valence-corrected chi connectivity index (χ2v) is 4.69. The van der Waals surface area contributed by atoms with E-state index in [-0.39, 0.29) is 11.9 Å². The molecule has 0 bridgehead atoms. The van der Waals surface area contributed by atoms with E-state index in [1.54, 1.807) is 0 Å². The first-order chi connectivity index (χ1) is 9.13. The van der Waals surface area contributed by atoms with Crippen LogP contribution in [0, 0.1) is 0 Å². The summed E-state index contributed by atoms with van der Waals surface area (Å²) in [5.74, 6) is 0.159. The quantitative estimate of drug-likeness (QED) is 0.778. The predicted molar refractivity (Wildman–Crippen MR) is 76.7 cm³/mol. The monoisotopic (exact) mass is 266 g/mol. The van der Waals surface area contributed by atoms with Gasteiger partial charge in [0.05, 0.1) is 18.1 Å². The van der Waals surface area contributed by atoms with E-state index < -0.39 is 0 Å². The third-order valence-electron chi connectivity index (χ3n) is 3.30. The number of nitrogens with one attached hydrogen (secondary N) is 1. The van der Waals surface area contributed by atoms with Gasteiger partial charge in [-0.1, -0.05) is 6.92 Å². The molecule has 1 N–H and O–H groups in total. The van der Waals surface area contributed by atoms with Gasteiger partial charge in [-0.2, -0.15) is 0 Å². The minimum absolute atomic E-state index is 0.159. The highest BCUT2D eigenvalue weighted by molar-refractivity contribution is 5.81. The van der Waals surface area contributed by atoms with Gasteiger partial charge in [-0.3, -0.25) is 4.79 Å². The van der Waals surface area contributed by atoms with Crippen molar-refractivity contribution in [2.75, 3.05) is 13.1 Å². The molecule has 0 aliphatic heterocycles. The van der Waals surface area contributed by atoms with Gasteiger partial charge in [0, 0.05) is 32.4 Å². The standard InChI is InChI=1S/C14H26N4O/c1-5-8-18-11-15-9-13(18)10-16-12(4)14(19)17(6-2)7-3/h9,11-12,16H,5-8,10H2,1-4H3. The molecule has 0 fully saturated rings. The van der Waals surface area contributed by atoms with Crippen LogP contribution in [0.2, 0.25) is 0 Å². The van der Waals surface area contributed by atoms with Gasteiger partial charge in [0.2, 0.25) is 5.91 Å². The van der Waals surface area contributed by atoms with Gasteiger partial charge in [0.1, 0.15) is 0 Å². The van der Waals surface area contributed by atoms with Crippen LogP contribution < -0.4 is 5.32 Å². The molecule has 5 nitrogen and oxygen atoms in total. The summed E-state index contributed by atoms with van der Waals surface area (Å²) in [6.07, 6.45) is 4.78. The highest BCUT2D eigenvalue weighted by Crippen LogP contribution is 2.02. The average Bonchev–Trinajstić information content (AvgIpc) is 2.85. The van der Waals surface area contributed by atoms with Crippen LogP contribution in [-0.4, -0.2) is 39.5 Å². The molecule has 0 saturated carbocycles. The van der Waals surface area contributed by atoms with Crippen molar-refractivity contribution in [3.63, 3.8) is 0 Å². The fraction of sp³-hybridized carbons (Fsp3) is 0.714. The highest BCUT2D eigenvalue weighted by atomic mass is 16.2. The van der Waals surface area contributed by atoms with Crippen LogP contribution in [0.25, 0.3) is 0 Å². The van der Waals surface area contributed by atoms with Gasteiger partial charge < -0.3 is 14.8 Å². The summed E-state index contributed by atoms with van der Waals surface area (Å²) in [4.78, 5) is 18.1. The molecule has 0 saturated heterocycles. The van der Waals surface area contributed by atoms with E-state index in [4.69, 9.17) is 0 Å². The zero-order chi connectivity index (χ0) is 14.3. The van der Waals surface area contributed by atoms with Crippen LogP contribution in [0.15, 0.2) is 12.5 Å². The summed E-state index contributed by atoms with van der Waals surface area (Å²) in [5, 5.41) is 3.28. The normalized spacial score (nSPS) is 12.4. The zero-order valence-corrected chi connectivity index (χ0v) is 12.5. The summed E-state index contributed by atoms with van der Waals surface area (Å²) in [5.41, 5.74) is 1.13. The van der Waals surface area contributed by atoms with E-state index >= 15 is 0 Å². The van der Waals surface area contributed by atoms with Crippen LogP contribution >= 0.6 is 0 Å². The summed E-state index contributed by atoms with van der Waals surface area (Å²) in [6.45, 7) is 11.2. The smallest absolute Gasteiger partial charge is 0.239 e. The lowest BCUT2D eigenvalue weighted by atomic mass is 10.2. The molecule has 1 unspecified atom stereocenters. The molecule has 108 valence electrons. The number of aromatic nitrogens is 2. The van der Waals surface area contributed by atoms with Crippen LogP contribution in [0.3, 0.4) is 0 Å². The zero-order valence-electron chi connectivity index (χ0n) is 12.5. The van der Waals surface area contributed by atoms with Crippen molar-refractivity contribution in [3.05, 3.63) is 18.2 Å². The number of nitrogens with zero attached hydrogens (tertiary/aromatic N) is 3. The first-order valence-electron chi connectivity index (χ1n) is 7.15. The molecule has 0 aliphatic rings. The highest BCUT2D eigenvalue weighted by Gasteiger charge is 2.17. The molecule has 0 aromatic carbocycles. The number of carbonyl (C=O) groups is 1. The molecular weight excluding hydrogens is 240 g/mol. The molecular formula is C14H26N4O. The van der Waals surface area contributed by atoms with Gasteiger partial charge in [0.25, 0.3) is 0 Å². The topological polar surface area (TPSA) is 50.2 Å². The number of carbonyl (C=O) groups excluding carboxylic acids is 1. The van der Waals surface area contributed by atoms with Crippen LogP contribution in [-0.2, 0) is 17.9 Å². The summed E-state index contributed by atoms with van der Waals surface area (Å²) >= 11 is 0. The van der Waals surface area contributed by atoms with E-state index in [9.17, 15) is 4.79 Å². The number of imidazole rings is 1. The number of likely N-dealkylation sites (N-methyl/N-ethyl adjacent to an activating group) is 1. The van der Waals surface area contributed by atoms with Crippen molar-refractivity contribution in [2.24, 2.45) is 0 Å². The lowest BCUT2D eigenvalue weighted by Crippen LogP contribution is -2.44. The minimum Gasteiger partial charge on any atom is -0.342 e. The predicted octanol–water partition coefficient (Wildman–Crippen LogP) is 1.64.